The molecule has 0 aliphatic carbocycles. The van der Waals surface area contributed by atoms with E-state index in [1.54, 1.807) is 24.8 Å². The van der Waals surface area contributed by atoms with Crippen LogP contribution in [0.1, 0.15) is 18.9 Å². The van der Waals surface area contributed by atoms with E-state index in [-0.39, 0.29) is 6.10 Å². The second-order valence-corrected chi connectivity index (χ2v) is 5.04. The van der Waals surface area contributed by atoms with Gasteiger partial charge in [0.25, 0.3) is 5.89 Å². The first-order chi connectivity index (χ1) is 11.3. The largest absolute Gasteiger partial charge is 0.479 e. The van der Waals surface area contributed by atoms with Crippen molar-refractivity contribution in [3.05, 3.63) is 54.9 Å². The van der Waals surface area contributed by atoms with Gasteiger partial charge in [0, 0.05) is 11.8 Å². The number of imidazole rings is 1. The lowest BCUT2D eigenvalue weighted by atomic mass is 10.2. The molecule has 0 spiro atoms. The lowest BCUT2D eigenvalue weighted by Gasteiger charge is -2.09. The Bertz CT molecular complexity index is 932. The molecule has 0 bridgehead atoms. The normalized spacial score (nSPS) is 12.4. The first-order valence-corrected chi connectivity index (χ1v) is 7.13. The van der Waals surface area contributed by atoms with Gasteiger partial charge in [0.05, 0.1) is 23.6 Å². The van der Waals surface area contributed by atoms with Crippen LogP contribution in [0.15, 0.2) is 53.6 Å². The molecule has 4 rings (SSSR count). The van der Waals surface area contributed by atoms with E-state index in [9.17, 15) is 0 Å². The van der Waals surface area contributed by atoms with Gasteiger partial charge in [-0.1, -0.05) is 5.16 Å². The Morgan fingerprint density at radius 3 is 3.09 bits per heavy atom. The minimum absolute atomic E-state index is 0.365. The van der Waals surface area contributed by atoms with Crippen LogP contribution in [0, 0.1) is 0 Å². The highest BCUT2D eigenvalue weighted by atomic mass is 16.5. The smallest absolute Gasteiger partial charge is 0.267 e. The van der Waals surface area contributed by atoms with Crippen LogP contribution in [0.25, 0.3) is 22.4 Å². The number of hydrogen-bond donors (Lipinski definition) is 1. The maximum atomic E-state index is 5.73. The summed E-state index contributed by atoms with van der Waals surface area (Å²) in [6.45, 7) is 1.85. The van der Waals surface area contributed by atoms with Crippen molar-refractivity contribution >= 4 is 11.0 Å². The van der Waals surface area contributed by atoms with Gasteiger partial charge in [-0.3, -0.25) is 4.98 Å². The summed E-state index contributed by atoms with van der Waals surface area (Å²) in [6.07, 6.45) is 4.62. The minimum atomic E-state index is -0.365. The molecule has 1 N–H and O–H groups in total. The topological polar surface area (TPSA) is 89.7 Å². The fourth-order valence-electron chi connectivity index (χ4n) is 2.26. The van der Waals surface area contributed by atoms with Crippen LogP contribution in [-0.4, -0.2) is 25.1 Å². The van der Waals surface area contributed by atoms with E-state index in [1.165, 1.54) is 0 Å². The summed E-state index contributed by atoms with van der Waals surface area (Å²) in [6, 6.07) is 9.38. The van der Waals surface area contributed by atoms with Crippen molar-refractivity contribution in [2.45, 2.75) is 13.0 Å². The monoisotopic (exact) mass is 307 g/mol. The summed E-state index contributed by atoms with van der Waals surface area (Å²) in [5.74, 6) is 1.57. The third-order valence-corrected chi connectivity index (χ3v) is 3.42. The van der Waals surface area contributed by atoms with Crippen LogP contribution in [0.4, 0.5) is 0 Å². The van der Waals surface area contributed by atoms with Gasteiger partial charge in [0.1, 0.15) is 5.75 Å². The number of nitrogens with one attached hydrogen (secondary N) is 1. The Hall–Kier alpha value is -3.22. The molecule has 1 unspecified atom stereocenters. The molecule has 3 aromatic heterocycles. The van der Waals surface area contributed by atoms with Crippen molar-refractivity contribution in [2.24, 2.45) is 0 Å². The number of aromatic amines is 1. The van der Waals surface area contributed by atoms with Gasteiger partial charge in [-0.25, -0.2) is 4.98 Å². The third kappa shape index (κ3) is 2.64. The van der Waals surface area contributed by atoms with Gasteiger partial charge < -0.3 is 14.2 Å². The molecule has 7 nitrogen and oxygen atoms in total. The fraction of sp³-hybridized carbons (Fsp3) is 0.125. The van der Waals surface area contributed by atoms with Crippen LogP contribution in [0.2, 0.25) is 0 Å². The third-order valence-electron chi connectivity index (χ3n) is 3.42. The Morgan fingerprint density at radius 2 is 2.22 bits per heavy atom. The van der Waals surface area contributed by atoms with E-state index in [2.05, 4.69) is 25.1 Å². The highest BCUT2D eigenvalue weighted by Gasteiger charge is 2.17. The van der Waals surface area contributed by atoms with Gasteiger partial charge in [-0.05, 0) is 37.3 Å². The zero-order valence-electron chi connectivity index (χ0n) is 12.3. The second-order valence-electron chi connectivity index (χ2n) is 5.04. The molecule has 0 saturated carbocycles. The summed E-state index contributed by atoms with van der Waals surface area (Å²) in [5, 5.41) is 4.02. The fourth-order valence-corrected chi connectivity index (χ4v) is 2.26. The lowest BCUT2D eigenvalue weighted by molar-refractivity contribution is 0.175. The zero-order chi connectivity index (χ0) is 15.6. The van der Waals surface area contributed by atoms with Crippen molar-refractivity contribution in [1.82, 2.24) is 25.1 Å². The number of aromatic nitrogens is 5. The molecule has 23 heavy (non-hydrogen) atoms. The van der Waals surface area contributed by atoms with Crippen LogP contribution in [0.5, 0.6) is 5.75 Å². The number of fused-ring (bicyclic) bond motifs is 1. The average Bonchev–Trinajstić information content (AvgIpc) is 3.24. The second kappa shape index (κ2) is 5.53. The van der Waals surface area contributed by atoms with Gasteiger partial charge in [0.15, 0.2) is 6.10 Å². The molecule has 0 aliphatic heterocycles. The molecule has 3 heterocycles. The number of hydrogen-bond acceptors (Lipinski definition) is 6. The average molecular weight is 307 g/mol. The van der Waals surface area contributed by atoms with Gasteiger partial charge in [-0.2, -0.15) is 4.98 Å². The Morgan fingerprint density at radius 1 is 1.26 bits per heavy atom. The van der Waals surface area contributed by atoms with Crippen LogP contribution >= 0.6 is 0 Å². The Labute approximate surface area is 131 Å². The highest BCUT2D eigenvalue weighted by molar-refractivity contribution is 5.79. The number of rotatable bonds is 4. The van der Waals surface area contributed by atoms with Crippen molar-refractivity contribution in [1.29, 1.82) is 0 Å². The van der Waals surface area contributed by atoms with E-state index in [0.29, 0.717) is 17.5 Å². The summed E-state index contributed by atoms with van der Waals surface area (Å²) >= 11 is 0. The first kappa shape index (κ1) is 13.4. The maximum absolute atomic E-state index is 5.73. The van der Waals surface area contributed by atoms with Crippen LogP contribution < -0.4 is 4.74 Å². The summed E-state index contributed by atoms with van der Waals surface area (Å²) < 4.78 is 11.0. The maximum Gasteiger partial charge on any atom is 0.267 e. The van der Waals surface area contributed by atoms with Crippen molar-refractivity contribution < 1.29 is 9.26 Å². The van der Waals surface area contributed by atoms with E-state index in [4.69, 9.17) is 9.26 Å². The molecule has 0 fully saturated rings. The number of benzene rings is 1. The quantitative estimate of drug-likeness (QED) is 0.623. The summed E-state index contributed by atoms with van der Waals surface area (Å²) in [5.41, 5.74) is 2.67. The lowest BCUT2D eigenvalue weighted by Crippen LogP contribution is -2.03. The predicted molar refractivity (Wildman–Crippen MR) is 82.7 cm³/mol. The van der Waals surface area contributed by atoms with E-state index in [1.807, 2.05) is 31.2 Å². The van der Waals surface area contributed by atoms with Gasteiger partial charge in [-0.15, -0.1) is 0 Å². The Balaban J connectivity index is 1.58. The summed E-state index contributed by atoms with van der Waals surface area (Å²) in [7, 11) is 0. The number of nitrogens with zero attached hydrogens (tertiary/aromatic N) is 4. The number of ether oxygens (including phenoxy) is 1. The molecule has 1 atom stereocenters. The van der Waals surface area contributed by atoms with E-state index >= 15 is 0 Å². The van der Waals surface area contributed by atoms with Crippen LogP contribution in [0.3, 0.4) is 0 Å². The number of H-pyrrole nitrogens is 1. The standard InChI is InChI=1S/C16H13N5O2/c1-10(22-12-3-2-6-17-8-12)16-20-15(21-23-16)11-4-5-13-14(7-11)19-9-18-13/h2-10H,1H3,(H,18,19). The first-order valence-electron chi connectivity index (χ1n) is 7.13. The highest BCUT2D eigenvalue weighted by Crippen LogP contribution is 2.24. The molecular formula is C16H13N5O2. The molecule has 4 aromatic rings. The van der Waals surface area contributed by atoms with Gasteiger partial charge >= 0.3 is 0 Å². The van der Waals surface area contributed by atoms with Gasteiger partial charge in [0.2, 0.25) is 5.82 Å². The van der Waals surface area contributed by atoms with Crippen LogP contribution in [-0.2, 0) is 0 Å². The molecule has 1 aromatic carbocycles. The predicted octanol–water partition coefficient (Wildman–Crippen LogP) is 3.15. The molecule has 0 aliphatic rings. The van der Waals surface area contributed by atoms with E-state index in [0.717, 1.165) is 16.6 Å². The summed E-state index contributed by atoms with van der Waals surface area (Å²) in [4.78, 5) is 15.7. The molecule has 0 radical (unpaired) electrons. The van der Waals surface area contributed by atoms with Crippen molar-refractivity contribution in [3.63, 3.8) is 0 Å². The number of pyridine rings is 1. The van der Waals surface area contributed by atoms with E-state index < -0.39 is 0 Å². The molecule has 0 amide bonds. The molecule has 0 saturated heterocycles. The minimum Gasteiger partial charge on any atom is -0.479 e. The molecule has 7 heteroatoms. The van der Waals surface area contributed by atoms with Crippen molar-refractivity contribution in [3.8, 4) is 17.1 Å². The van der Waals surface area contributed by atoms with Crippen molar-refractivity contribution in [2.75, 3.05) is 0 Å². The molecule has 114 valence electrons. The zero-order valence-corrected chi connectivity index (χ0v) is 12.3. The SMILES string of the molecule is CC(Oc1cccnc1)c1nc(-c2ccc3nc[nH]c3c2)no1. The molecular weight excluding hydrogens is 294 g/mol. The Kier molecular flexibility index (Phi) is 3.23.